The fourth-order valence-electron chi connectivity index (χ4n) is 7.24. The third kappa shape index (κ3) is 17.5. The van der Waals surface area contributed by atoms with Crippen molar-refractivity contribution in [3.63, 3.8) is 0 Å². The summed E-state index contributed by atoms with van der Waals surface area (Å²) in [4.78, 5) is 65.1. The second kappa shape index (κ2) is 23.0. The van der Waals surface area contributed by atoms with Crippen LogP contribution in [0.1, 0.15) is 88.5 Å². The van der Waals surface area contributed by atoms with Crippen LogP contribution in [0.25, 0.3) is 0 Å². The van der Waals surface area contributed by atoms with Crippen molar-refractivity contribution in [1.29, 1.82) is 0 Å². The van der Waals surface area contributed by atoms with Crippen LogP contribution in [0.3, 0.4) is 0 Å². The van der Waals surface area contributed by atoms with Crippen molar-refractivity contribution >= 4 is 30.3 Å². The molecule has 12 atom stereocenters. The van der Waals surface area contributed by atoms with E-state index in [9.17, 15) is 54.6 Å². The van der Waals surface area contributed by atoms with Crippen LogP contribution >= 0.6 is 0 Å². The zero-order valence-corrected chi connectivity index (χ0v) is 39.1. The minimum absolute atomic E-state index is 0.118. The summed E-state index contributed by atoms with van der Waals surface area (Å²) in [6.45, 7) is 15.5. The predicted molar refractivity (Wildman–Crippen MR) is 227 cm³/mol. The predicted octanol–water partition coefficient (Wildman–Crippen LogP) is -0.273. The molecule has 2 heterocycles. The van der Waals surface area contributed by atoms with E-state index in [-0.39, 0.29) is 45.5 Å². The van der Waals surface area contributed by atoms with E-state index in [1.54, 1.807) is 68.4 Å². The molecule has 3 aliphatic rings. The summed E-state index contributed by atoms with van der Waals surface area (Å²) in [6.07, 6.45) is -14.9. The highest BCUT2D eigenvalue weighted by Crippen LogP contribution is 2.34. The maximum absolute atomic E-state index is 13.7. The molecule has 0 spiro atoms. The number of carboxylic acid groups (broad SMARTS) is 1. The Morgan fingerprint density at radius 3 is 1.88 bits per heavy atom. The van der Waals surface area contributed by atoms with Gasteiger partial charge in [-0.2, -0.15) is 0 Å². The van der Waals surface area contributed by atoms with Gasteiger partial charge in [-0.3, -0.25) is 4.79 Å². The van der Waals surface area contributed by atoms with Gasteiger partial charge in [-0.1, -0.05) is 0 Å². The number of nitrogens with zero attached hydrogens (tertiary/aromatic N) is 1. The van der Waals surface area contributed by atoms with Crippen molar-refractivity contribution in [2.24, 2.45) is 0 Å². The topological polar surface area (TPSA) is 335 Å². The molecule has 3 rings (SSSR count). The number of aliphatic hydroxyl groups is 5. The number of hydrogen-bond acceptors (Lipinski definition) is 18. The van der Waals surface area contributed by atoms with Crippen molar-refractivity contribution in [3.8, 4) is 0 Å². The van der Waals surface area contributed by atoms with Crippen molar-refractivity contribution in [2.75, 3.05) is 39.9 Å². The van der Waals surface area contributed by atoms with Gasteiger partial charge in [0.05, 0.1) is 43.9 Å². The van der Waals surface area contributed by atoms with Crippen molar-refractivity contribution in [1.82, 2.24) is 31.5 Å². The van der Waals surface area contributed by atoms with Gasteiger partial charge in [0, 0.05) is 20.1 Å². The Kier molecular flexibility index (Phi) is 19.4. The molecule has 0 aromatic rings. The molecule has 2 fully saturated rings. The van der Waals surface area contributed by atoms with Gasteiger partial charge >= 0.3 is 24.4 Å². The monoisotopic (exact) mass is 936 g/mol. The Morgan fingerprint density at radius 1 is 0.815 bits per heavy atom. The van der Waals surface area contributed by atoms with E-state index in [1.807, 2.05) is 0 Å². The number of likely N-dealkylation sites (N-methyl/N-ethyl adjacent to an activating group) is 1. The Bertz CT molecular complexity index is 1650. The van der Waals surface area contributed by atoms with Crippen LogP contribution in [-0.2, 0) is 38.0 Å². The molecule has 0 radical (unpaired) electrons. The Balaban J connectivity index is 2.07. The summed E-state index contributed by atoms with van der Waals surface area (Å²) in [5.41, 5.74) is -4.64. The van der Waals surface area contributed by atoms with Crippen LogP contribution in [0.5, 0.6) is 0 Å². The summed E-state index contributed by atoms with van der Waals surface area (Å²) in [5, 5.41) is 78.5. The molecule has 24 nitrogen and oxygen atoms in total. The molecule has 0 aromatic heterocycles. The average Bonchev–Trinajstić information content (AvgIpc) is 3.14. The standard InChI is InChI=1S/C41H72N6O18/c1-38(2,3)63-34(53)43-15-14-25(49)31(52)44-23-18-24(46-36(55)65-40(7,8)9)29(26(50)28(23)62-33-27(51)30(47(11)37(56)57)41(10,58)20-59-33)61-32-22(45-35(54)64-39(4,5)6)13-12-21(60-32)19-42-16-17-48/h12,22-30,32-33,42,48-51,58H,13-20H2,1-11H3,(H,43,53)(H,44,52)(H,45,54)(H,46,55)(H,56,57)/t22-,23-,24+,25+,26-,27-,28+,29-,30-,32-,33-,41+/m1/s1. The smallest absolute Gasteiger partial charge is 0.408 e. The number of carbonyl (C=O) groups is 5. The van der Waals surface area contributed by atoms with Crippen molar-refractivity contribution in [2.45, 2.75) is 178 Å². The maximum Gasteiger partial charge on any atom is 0.408 e. The molecule has 0 aromatic carbocycles. The van der Waals surface area contributed by atoms with Gasteiger partial charge in [0.1, 0.15) is 58.7 Å². The summed E-state index contributed by atoms with van der Waals surface area (Å²) < 4.78 is 40.8. The van der Waals surface area contributed by atoms with Gasteiger partial charge in [-0.25, -0.2) is 19.2 Å². The van der Waals surface area contributed by atoms with E-state index in [4.69, 9.17) is 33.2 Å². The molecule has 65 heavy (non-hydrogen) atoms. The SMILES string of the molecule is CN(C(=O)O)[C@@H]1[C@@H](O)[C@@H](O[C@@H]2[C@@H](O)[C@H](O[C@H]3OC(CNCCO)=CC[C@H]3NC(=O)OC(C)(C)C)[C@@H](NC(=O)OC(C)(C)C)C[C@H]2NC(=O)[C@@H](O)CCNC(=O)OC(C)(C)C)OC[C@]1(C)O. The molecule has 24 heteroatoms. The molecule has 374 valence electrons. The molecule has 0 bridgehead atoms. The molecule has 5 amide bonds. The Hall–Kier alpha value is -4.27. The number of nitrogens with one attached hydrogen (secondary N) is 5. The molecule has 0 unspecified atom stereocenters. The molecule has 1 saturated heterocycles. The number of ether oxygens (including phenoxy) is 7. The van der Waals surface area contributed by atoms with Gasteiger partial charge in [-0.15, -0.1) is 0 Å². The number of alkyl carbamates (subject to hydrolysis) is 3. The van der Waals surface area contributed by atoms with Crippen molar-refractivity contribution in [3.05, 3.63) is 11.8 Å². The maximum atomic E-state index is 13.7. The zero-order valence-electron chi connectivity index (χ0n) is 39.1. The van der Waals surface area contributed by atoms with Crippen LogP contribution in [-0.4, -0.2) is 195 Å². The first-order chi connectivity index (χ1) is 29.9. The van der Waals surface area contributed by atoms with E-state index < -0.39 is 127 Å². The minimum atomic E-state index is -1.93. The highest BCUT2D eigenvalue weighted by Gasteiger charge is 2.55. The Labute approximate surface area is 379 Å². The Morgan fingerprint density at radius 2 is 1.34 bits per heavy atom. The van der Waals surface area contributed by atoms with E-state index in [0.717, 1.165) is 7.05 Å². The van der Waals surface area contributed by atoms with E-state index in [2.05, 4.69) is 26.6 Å². The third-order valence-electron chi connectivity index (χ3n) is 9.96. The van der Waals surface area contributed by atoms with E-state index in [1.165, 1.54) is 6.92 Å². The van der Waals surface area contributed by atoms with Crippen LogP contribution in [0.2, 0.25) is 0 Å². The first kappa shape index (κ1) is 55.1. The summed E-state index contributed by atoms with van der Waals surface area (Å²) in [5.74, 6) is -0.670. The molecule has 2 aliphatic heterocycles. The first-order valence-corrected chi connectivity index (χ1v) is 21.5. The van der Waals surface area contributed by atoms with Crippen LogP contribution in [0, 0.1) is 0 Å². The van der Waals surface area contributed by atoms with Crippen LogP contribution in [0.4, 0.5) is 19.2 Å². The van der Waals surface area contributed by atoms with E-state index >= 15 is 0 Å². The lowest BCUT2D eigenvalue weighted by Gasteiger charge is -2.50. The zero-order chi connectivity index (χ0) is 49.2. The van der Waals surface area contributed by atoms with Gasteiger partial charge < -0.3 is 95.3 Å². The fraction of sp³-hybridized carbons (Fsp3) is 0.829. The lowest BCUT2D eigenvalue weighted by molar-refractivity contribution is -0.311. The largest absolute Gasteiger partial charge is 0.466 e. The molecular weight excluding hydrogens is 864 g/mol. The number of amides is 5. The highest BCUT2D eigenvalue weighted by molar-refractivity contribution is 5.81. The van der Waals surface area contributed by atoms with Gasteiger partial charge in [0.25, 0.3) is 0 Å². The normalized spacial score (nSPS) is 30.1. The van der Waals surface area contributed by atoms with E-state index in [0.29, 0.717) is 10.7 Å². The number of hydrogen-bond donors (Lipinski definition) is 11. The molecule has 1 saturated carbocycles. The fourth-order valence-corrected chi connectivity index (χ4v) is 7.24. The summed E-state index contributed by atoms with van der Waals surface area (Å²) in [6, 6.07) is -5.13. The third-order valence-corrected chi connectivity index (χ3v) is 9.96. The molecule has 1 aliphatic carbocycles. The van der Waals surface area contributed by atoms with Gasteiger partial charge in [-0.05, 0) is 94.6 Å². The number of aliphatic hydroxyl groups excluding tert-OH is 4. The van der Waals surface area contributed by atoms with Crippen LogP contribution in [0.15, 0.2) is 11.8 Å². The molecule has 11 N–H and O–H groups in total. The number of carbonyl (C=O) groups excluding carboxylic acids is 4. The summed E-state index contributed by atoms with van der Waals surface area (Å²) >= 11 is 0. The lowest BCUT2D eigenvalue weighted by atomic mass is 9.82. The number of rotatable bonds is 16. The quantitative estimate of drug-likeness (QED) is 0.0701. The summed E-state index contributed by atoms with van der Waals surface area (Å²) in [7, 11) is 1.12. The van der Waals surface area contributed by atoms with Crippen molar-refractivity contribution < 1.29 is 87.8 Å². The minimum Gasteiger partial charge on any atom is -0.466 e. The first-order valence-electron chi connectivity index (χ1n) is 21.5. The second-order valence-electron chi connectivity index (χ2n) is 19.4. The van der Waals surface area contributed by atoms with Crippen LogP contribution < -0.4 is 26.6 Å². The average molecular weight is 937 g/mol. The second-order valence-corrected chi connectivity index (χ2v) is 19.4. The molecular formula is C41H72N6O18. The van der Waals surface area contributed by atoms with Gasteiger partial charge in [0.15, 0.2) is 6.29 Å². The highest BCUT2D eigenvalue weighted by atomic mass is 16.7. The lowest BCUT2D eigenvalue weighted by Crippen LogP contribution is -2.70. The van der Waals surface area contributed by atoms with Gasteiger partial charge in [0.2, 0.25) is 12.2 Å².